The van der Waals surface area contributed by atoms with Crippen molar-refractivity contribution in [3.05, 3.63) is 179 Å². The van der Waals surface area contributed by atoms with E-state index in [1.807, 2.05) is 97.6 Å². The van der Waals surface area contributed by atoms with Crippen LogP contribution in [0.5, 0.6) is 0 Å². The third-order valence-corrected chi connectivity index (χ3v) is 11.7. The molecule has 12 aromatic rings. The number of fused-ring (bicyclic) bond motifs is 9. The molecule has 0 unspecified atom stereocenters. The first-order valence-electron chi connectivity index (χ1n) is 18.1. The summed E-state index contributed by atoms with van der Waals surface area (Å²) in [7, 11) is 0. The first-order valence-corrected chi connectivity index (χ1v) is 18.1. The zero-order valence-corrected chi connectivity index (χ0v) is 28.7. The number of benzene rings is 10. The highest BCUT2D eigenvalue weighted by Crippen LogP contribution is 2.54. The van der Waals surface area contributed by atoms with Gasteiger partial charge in [-0.05, 0) is 53.9 Å². The molecule has 0 atom stereocenters. The van der Waals surface area contributed by atoms with Crippen LogP contribution in [0.25, 0.3) is 119 Å². The van der Waals surface area contributed by atoms with Crippen LogP contribution in [0, 0.1) is 0 Å². The molecular formula is C50H26N2O2. The van der Waals surface area contributed by atoms with E-state index in [2.05, 4.69) is 60.7 Å². The van der Waals surface area contributed by atoms with Crippen LogP contribution in [0.2, 0.25) is 0 Å². The van der Waals surface area contributed by atoms with Crippen molar-refractivity contribution >= 4 is 97.0 Å². The van der Waals surface area contributed by atoms with Crippen molar-refractivity contribution in [3.8, 4) is 22.3 Å². The van der Waals surface area contributed by atoms with Crippen molar-refractivity contribution in [2.45, 2.75) is 0 Å². The molecule has 4 nitrogen and oxygen atoms in total. The van der Waals surface area contributed by atoms with Gasteiger partial charge in [-0.3, -0.25) is 19.6 Å². The van der Waals surface area contributed by atoms with Crippen molar-refractivity contribution in [3.63, 3.8) is 0 Å². The standard InChI is InChI=1S/C50H26N2O2/c53-49-33-17-7-5-15-31(33)43-41-36(20-10-21-37(41)49)46-45(47(43)39-25-51-23-27-11-1-3-13-29(27)39)35-19-9-22-38-42(35)44(32-16-6-8-18-34(32)50(38)54)48(46)40-26-52-24-28-12-2-4-14-30(28)40/h1-26H. The average molecular weight is 687 g/mol. The van der Waals surface area contributed by atoms with Crippen LogP contribution in [-0.4, -0.2) is 9.97 Å². The number of rotatable bonds is 2. The molecule has 0 saturated heterocycles. The molecule has 0 aliphatic carbocycles. The molecule has 0 bridgehead atoms. The molecule has 0 radical (unpaired) electrons. The summed E-state index contributed by atoms with van der Waals surface area (Å²) < 4.78 is 0. The molecule has 10 aromatic carbocycles. The van der Waals surface area contributed by atoms with E-state index in [0.717, 1.165) is 97.7 Å². The van der Waals surface area contributed by atoms with Gasteiger partial charge in [-0.15, -0.1) is 0 Å². The van der Waals surface area contributed by atoms with E-state index in [1.165, 1.54) is 0 Å². The van der Waals surface area contributed by atoms with E-state index in [0.29, 0.717) is 21.5 Å². The maximum absolute atomic E-state index is 14.5. The van der Waals surface area contributed by atoms with Gasteiger partial charge in [0.15, 0.2) is 10.9 Å². The second kappa shape index (κ2) is 10.6. The maximum atomic E-state index is 14.5. The first kappa shape index (κ1) is 29.3. The van der Waals surface area contributed by atoms with E-state index in [4.69, 9.17) is 9.97 Å². The van der Waals surface area contributed by atoms with E-state index in [-0.39, 0.29) is 10.9 Å². The number of hydrogen-bond acceptors (Lipinski definition) is 4. The number of nitrogens with zero attached hydrogens (tertiary/aromatic N) is 2. The molecule has 0 saturated carbocycles. The quantitative estimate of drug-likeness (QED) is 0.134. The fraction of sp³-hybridized carbons (Fsp3) is 0. The minimum Gasteiger partial charge on any atom is -0.289 e. The van der Waals surface area contributed by atoms with Gasteiger partial charge < -0.3 is 0 Å². The molecule has 0 fully saturated rings. The SMILES string of the molecule is O=c1c2ccccc2c2c(-c3cncc4ccccc34)c3c4cccc5c(=O)c6ccccc6c(c(-c6cncc7ccccc67)c3c3cccc1c32)c54. The normalized spacial score (nSPS) is 12.2. The molecular weight excluding hydrogens is 661 g/mol. The molecule has 2 heterocycles. The van der Waals surface area contributed by atoms with Crippen LogP contribution in [0.4, 0.5) is 0 Å². The van der Waals surface area contributed by atoms with Crippen LogP contribution in [-0.2, 0) is 0 Å². The molecule has 0 spiro atoms. The van der Waals surface area contributed by atoms with Gasteiger partial charge in [-0.25, -0.2) is 0 Å². The summed E-state index contributed by atoms with van der Waals surface area (Å²) in [6.07, 6.45) is 7.75. The van der Waals surface area contributed by atoms with E-state index in [1.54, 1.807) is 0 Å². The molecule has 2 aromatic heterocycles. The summed E-state index contributed by atoms with van der Waals surface area (Å²) in [5.74, 6) is 0. The summed E-state index contributed by atoms with van der Waals surface area (Å²) in [6, 6.07) is 45.0. The van der Waals surface area contributed by atoms with Crippen LogP contribution in [0.1, 0.15) is 0 Å². The lowest BCUT2D eigenvalue weighted by atomic mass is 9.77. The smallest absolute Gasteiger partial charge is 0.194 e. The average Bonchev–Trinajstić information content (AvgIpc) is 3.23. The molecule has 0 aliphatic rings. The van der Waals surface area contributed by atoms with Gasteiger partial charge in [-0.1, -0.05) is 133 Å². The minimum absolute atomic E-state index is 0.0128. The van der Waals surface area contributed by atoms with Crippen molar-refractivity contribution in [1.29, 1.82) is 0 Å². The monoisotopic (exact) mass is 686 g/mol. The highest BCUT2D eigenvalue weighted by atomic mass is 16.1. The fourth-order valence-electron chi connectivity index (χ4n) is 9.52. The number of pyridine rings is 2. The Morgan fingerprint density at radius 3 is 1.06 bits per heavy atom. The van der Waals surface area contributed by atoms with Crippen molar-refractivity contribution in [2.24, 2.45) is 0 Å². The van der Waals surface area contributed by atoms with E-state index >= 15 is 0 Å². The van der Waals surface area contributed by atoms with Gasteiger partial charge in [-0.2, -0.15) is 0 Å². The Labute approximate surface area is 306 Å². The van der Waals surface area contributed by atoms with Gasteiger partial charge in [0, 0.05) is 90.1 Å². The maximum Gasteiger partial charge on any atom is 0.194 e. The zero-order chi connectivity index (χ0) is 35.7. The molecule has 54 heavy (non-hydrogen) atoms. The third-order valence-electron chi connectivity index (χ3n) is 11.7. The Morgan fingerprint density at radius 1 is 0.278 bits per heavy atom. The Kier molecular flexibility index (Phi) is 5.76. The topological polar surface area (TPSA) is 59.9 Å². The Morgan fingerprint density at radius 2 is 0.611 bits per heavy atom. The van der Waals surface area contributed by atoms with E-state index in [9.17, 15) is 9.59 Å². The molecule has 12 rings (SSSR count). The van der Waals surface area contributed by atoms with Gasteiger partial charge in [0.1, 0.15) is 0 Å². The summed E-state index contributed by atoms with van der Waals surface area (Å²) in [6.45, 7) is 0. The second-order valence-corrected chi connectivity index (χ2v) is 14.3. The number of hydrogen-bond donors (Lipinski definition) is 0. The molecule has 0 aliphatic heterocycles. The van der Waals surface area contributed by atoms with Gasteiger partial charge >= 0.3 is 0 Å². The lowest BCUT2D eigenvalue weighted by Crippen LogP contribution is -2.07. The minimum atomic E-state index is 0.0128. The van der Waals surface area contributed by atoms with Crippen LogP contribution in [0.15, 0.2) is 168 Å². The van der Waals surface area contributed by atoms with Crippen molar-refractivity contribution < 1.29 is 0 Å². The predicted octanol–water partition coefficient (Wildman–Crippen LogP) is 11.8. The third kappa shape index (κ3) is 3.66. The second-order valence-electron chi connectivity index (χ2n) is 14.3. The van der Waals surface area contributed by atoms with Gasteiger partial charge in [0.25, 0.3) is 0 Å². The zero-order valence-electron chi connectivity index (χ0n) is 28.7. The Hall–Kier alpha value is -7.30. The molecule has 0 N–H and O–H groups in total. The van der Waals surface area contributed by atoms with E-state index < -0.39 is 0 Å². The largest absolute Gasteiger partial charge is 0.289 e. The first-order chi connectivity index (χ1) is 26.7. The Balaban J connectivity index is 1.53. The van der Waals surface area contributed by atoms with Gasteiger partial charge in [0.05, 0.1) is 0 Å². The van der Waals surface area contributed by atoms with Crippen LogP contribution in [0.3, 0.4) is 0 Å². The summed E-state index contributed by atoms with van der Waals surface area (Å²) in [5.41, 5.74) is 3.97. The molecule has 4 heteroatoms. The summed E-state index contributed by atoms with van der Waals surface area (Å²) >= 11 is 0. The van der Waals surface area contributed by atoms with Crippen LogP contribution >= 0.6 is 0 Å². The highest BCUT2D eigenvalue weighted by molar-refractivity contribution is 6.45. The summed E-state index contributed by atoms with van der Waals surface area (Å²) in [5, 5.41) is 16.5. The fourth-order valence-corrected chi connectivity index (χ4v) is 9.52. The molecule has 248 valence electrons. The lowest BCUT2D eigenvalue weighted by molar-refractivity contribution is 1.37. The molecule has 0 amide bonds. The van der Waals surface area contributed by atoms with Crippen molar-refractivity contribution in [1.82, 2.24) is 9.97 Å². The van der Waals surface area contributed by atoms with Gasteiger partial charge in [0.2, 0.25) is 0 Å². The highest BCUT2D eigenvalue weighted by Gasteiger charge is 2.28. The van der Waals surface area contributed by atoms with Crippen LogP contribution < -0.4 is 10.9 Å². The number of aromatic nitrogens is 2. The Bertz CT molecular complexity index is 3470. The predicted molar refractivity (Wildman–Crippen MR) is 225 cm³/mol. The lowest BCUT2D eigenvalue weighted by Gasteiger charge is -2.24. The van der Waals surface area contributed by atoms with Crippen molar-refractivity contribution in [2.75, 3.05) is 0 Å². The summed E-state index contributed by atoms with van der Waals surface area (Å²) in [4.78, 5) is 38.8.